The normalized spacial score (nSPS) is 14.8. The summed E-state index contributed by atoms with van der Waals surface area (Å²) in [6.07, 6.45) is -4.70. The molecule has 0 bridgehead atoms. The van der Waals surface area contributed by atoms with Gasteiger partial charge in [0.05, 0.1) is 11.3 Å². The van der Waals surface area contributed by atoms with Crippen molar-refractivity contribution in [1.29, 1.82) is 0 Å². The number of carboxylic acid groups (broad SMARTS) is 1. The largest absolute Gasteiger partial charge is 0.479 e. The summed E-state index contributed by atoms with van der Waals surface area (Å²) in [5.41, 5.74) is 2.71. The van der Waals surface area contributed by atoms with Crippen LogP contribution in [0.15, 0.2) is 71.6 Å². The predicted octanol–water partition coefficient (Wildman–Crippen LogP) is 8.00. The average molecular weight is 660 g/mol. The van der Waals surface area contributed by atoms with Gasteiger partial charge in [0, 0.05) is 59.5 Å². The van der Waals surface area contributed by atoms with Gasteiger partial charge in [-0.2, -0.15) is 13.2 Å². The molecule has 3 aromatic carbocycles. The molecule has 0 aliphatic carbocycles. The van der Waals surface area contributed by atoms with E-state index in [2.05, 4.69) is 9.80 Å². The summed E-state index contributed by atoms with van der Waals surface area (Å²) in [6.45, 7) is 7.20. The highest BCUT2D eigenvalue weighted by Crippen LogP contribution is 2.37. The number of halogens is 4. The Labute approximate surface area is 267 Å². The molecule has 0 amide bonds. The first-order valence-corrected chi connectivity index (χ1v) is 16.3. The molecule has 1 fully saturated rings. The lowest BCUT2D eigenvalue weighted by molar-refractivity contribution is -0.144. The number of hydrogen-bond acceptors (Lipinski definition) is 7. The number of thiazole rings is 1. The molecule has 1 aliphatic heterocycles. The smallest absolute Gasteiger partial charge is 0.416 e. The van der Waals surface area contributed by atoms with Crippen molar-refractivity contribution in [3.8, 4) is 16.3 Å². The van der Waals surface area contributed by atoms with E-state index in [1.54, 1.807) is 30.0 Å². The van der Waals surface area contributed by atoms with E-state index in [0.29, 0.717) is 35.0 Å². The number of benzene rings is 3. The minimum atomic E-state index is -4.41. The second-order valence-corrected chi connectivity index (χ2v) is 12.8. The maximum absolute atomic E-state index is 13.4. The minimum absolute atomic E-state index is 0.266. The van der Waals surface area contributed by atoms with Crippen LogP contribution in [0.25, 0.3) is 10.6 Å². The van der Waals surface area contributed by atoms with Crippen molar-refractivity contribution < 1.29 is 32.2 Å². The molecule has 0 saturated carbocycles. The van der Waals surface area contributed by atoms with Crippen LogP contribution in [0.1, 0.15) is 35.5 Å². The maximum Gasteiger partial charge on any atom is 0.416 e. The summed E-state index contributed by atoms with van der Waals surface area (Å²) in [5, 5.41) is 9.89. The van der Waals surface area contributed by atoms with Crippen LogP contribution in [0.3, 0.4) is 0 Å². The minimum Gasteiger partial charge on any atom is -0.479 e. The van der Waals surface area contributed by atoms with E-state index in [1.165, 1.54) is 42.5 Å². The molecule has 1 atom stereocenters. The molecule has 45 heavy (non-hydrogen) atoms. The Balaban J connectivity index is 1.33. The number of aryl methyl sites for hydroxylation is 1. The number of nitrogens with zero attached hydrogens (tertiary/aromatic N) is 3. The van der Waals surface area contributed by atoms with Gasteiger partial charge < -0.3 is 14.7 Å². The van der Waals surface area contributed by atoms with Gasteiger partial charge in [0.25, 0.3) is 0 Å². The highest BCUT2D eigenvalue weighted by molar-refractivity contribution is 7.98. The van der Waals surface area contributed by atoms with Crippen LogP contribution in [-0.2, 0) is 29.7 Å². The van der Waals surface area contributed by atoms with Gasteiger partial charge in [0.15, 0.2) is 6.10 Å². The van der Waals surface area contributed by atoms with Gasteiger partial charge in [0.1, 0.15) is 16.6 Å². The molecular weight excluding hydrogens is 627 g/mol. The Morgan fingerprint density at radius 3 is 2.36 bits per heavy atom. The molecule has 1 N–H and O–H groups in total. The van der Waals surface area contributed by atoms with Crippen molar-refractivity contribution in [2.45, 2.75) is 49.7 Å². The van der Waals surface area contributed by atoms with E-state index in [-0.39, 0.29) is 5.82 Å². The maximum atomic E-state index is 13.4. The number of carbonyl (C=O) groups is 1. The lowest BCUT2D eigenvalue weighted by Crippen LogP contribution is -2.46. The molecule has 4 aromatic rings. The Kier molecular flexibility index (Phi) is 10.4. The van der Waals surface area contributed by atoms with E-state index in [1.807, 2.05) is 19.1 Å². The van der Waals surface area contributed by atoms with Crippen molar-refractivity contribution in [3.05, 3.63) is 94.2 Å². The molecule has 1 saturated heterocycles. The number of hydrogen-bond donors (Lipinski definition) is 1. The van der Waals surface area contributed by atoms with Crippen LogP contribution in [0.2, 0.25) is 0 Å². The van der Waals surface area contributed by atoms with E-state index < -0.39 is 23.8 Å². The second kappa shape index (κ2) is 14.2. The Bertz CT molecular complexity index is 1600. The zero-order valence-electron chi connectivity index (χ0n) is 24.8. The summed E-state index contributed by atoms with van der Waals surface area (Å²) < 4.78 is 58.5. The summed E-state index contributed by atoms with van der Waals surface area (Å²) in [7, 11) is 0. The van der Waals surface area contributed by atoms with Gasteiger partial charge in [-0.15, -0.1) is 23.1 Å². The first kappa shape index (κ1) is 32.8. The summed E-state index contributed by atoms with van der Waals surface area (Å²) in [6, 6.07) is 17.3. The van der Waals surface area contributed by atoms with Gasteiger partial charge in [-0.25, -0.2) is 14.2 Å². The van der Waals surface area contributed by atoms with Crippen LogP contribution in [0, 0.1) is 5.82 Å². The molecule has 0 radical (unpaired) electrons. The van der Waals surface area contributed by atoms with Crippen molar-refractivity contribution in [3.63, 3.8) is 0 Å². The van der Waals surface area contributed by atoms with Crippen LogP contribution >= 0.6 is 23.1 Å². The monoisotopic (exact) mass is 659 g/mol. The molecule has 0 spiro atoms. The number of piperazine rings is 1. The van der Waals surface area contributed by atoms with Crippen LogP contribution < -0.4 is 9.64 Å². The number of carboxylic acids is 1. The number of aliphatic carboxylic acids is 1. The summed E-state index contributed by atoms with van der Waals surface area (Å²) in [4.78, 5) is 22.7. The van der Waals surface area contributed by atoms with Crippen molar-refractivity contribution in [2.75, 3.05) is 31.1 Å². The van der Waals surface area contributed by atoms with Gasteiger partial charge >= 0.3 is 12.1 Å². The zero-order chi connectivity index (χ0) is 32.1. The van der Waals surface area contributed by atoms with E-state index >= 15 is 0 Å². The number of ether oxygens (including phenoxy) is 1. The van der Waals surface area contributed by atoms with E-state index in [9.17, 15) is 27.5 Å². The molecule has 1 aromatic heterocycles. The number of alkyl halides is 3. The number of aromatic nitrogens is 1. The summed E-state index contributed by atoms with van der Waals surface area (Å²) >= 11 is 3.10. The van der Waals surface area contributed by atoms with E-state index in [4.69, 9.17) is 9.72 Å². The zero-order valence-corrected chi connectivity index (χ0v) is 26.4. The highest BCUT2D eigenvalue weighted by atomic mass is 32.2. The Morgan fingerprint density at radius 1 is 1.04 bits per heavy atom. The number of anilines is 1. The third kappa shape index (κ3) is 8.36. The second-order valence-electron chi connectivity index (χ2n) is 10.7. The molecule has 5 rings (SSSR count). The Hall–Kier alpha value is -3.61. The fourth-order valence-corrected chi connectivity index (χ4v) is 7.14. The van der Waals surface area contributed by atoms with Crippen molar-refractivity contribution >= 4 is 34.8 Å². The van der Waals surface area contributed by atoms with Crippen LogP contribution in [0.4, 0.5) is 23.2 Å². The first-order chi connectivity index (χ1) is 21.5. The van der Waals surface area contributed by atoms with E-state index in [0.717, 1.165) is 65.0 Å². The van der Waals surface area contributed by atoms with Gasteiger partial charge in [0.2, 0.25) is 0 Å². The van der Waals surface area contributed by atoms with Gasteiger partial charge in [-0.05, 0) is 73.5 Å². The lowest BCUT2D eigenvalue weighted by atomic mass is 10.1. The van der Waals surface area contributed by atoms with Crippen molar-refractivity contribution in [1.82, 2.24) is 9.88 Å². The Morgan fingerprint density at radius 2 is 1.73 bits per heavy atom. The fraction of sp³-hybridized carbons (Fsp3) is 0.333. The van der Waals surface area contributed by atoms with Gasteiger partial charge in [-0.1, -0.05) is 19.1 Å². The van der Waals surface area contributed by atoms with Crippen molar-refractivity contribution in [2.24, 2.45) is 0 Å². The topological polar surface area (TPSA) is 65.9 Å². The highest BCUT2D eigenvalue weighted by Gasteiger charge is 2.30. The number of rotatable bonds is 11. The molecule has 12 heteroatoms. The molecule has 6 nitrogen and oxygen atoms in total. The first-order valence-electron chi connectivity index (χ1n) is 14.5. The molecule has 238 valence electrons. The number of thioether (sulfide) groups is 1. The lowest BCUT2D eigenvalue weighted by Gasteiger charge is -2.36. The molecule has 1 aliphatic rings. The third-order valence-corrected chi connectivity index (χ3v) is 9.96. The molecule has 1 unspecified atom stereocenters. The summed E-state index contributed by atoms with van der Waals surface area (Å²) in [5.74, 6) is -0.148. The standard InChI is InChI=1S/C33H33F4N3O3S2/c1-3-22-18-27(12-13-29(22)43-21(2)32(41)42)44-20-30-28(38-31(45-30)23-4-6-24(7-5-23)33(35,36)37)19-39-14-16-40(17-15-39)26-10-8-25(34)9-11-26/h4-13,18,21H,3,14-17,19-20H2,1-2H3,(H,41,42). The SMILES string of the molecule is CCc1cc(SCc2sc(-c3ccc(C(F)(F)F)cc3)nc2CN2CCN(c3ccc(F)cc3)CC2)ccc1OC(C)C(=O)O. The van der Waals surface area contributed by atoms with Crippen LogP contribution in [-0.4, -0.2) is 53.2 Å². The quantitative estimate of drug-likeness (QED) is 0.129. The molecular formula is C33H33F4N3O3S2. The van der Waals surface area contributed by atoms with Crippen LogP contribution in [0.5, 0.6) is 5.75 Å². The average Bonchev–Trinajstić information content (AvgIpc) is 3.43. The third-order valence-electron chi connectivity index (χ3n) is 7.61. The van der Waals surface area contributed by atoms with Gasteiger partial charge in [-0.3, -0.25) is 4.90 Å². The fourth-order valence-electron chi connectivity index (χ4n) is 5.00. The molecule has 2 heterocycles. The predicted molar refractivity (Wildman–Crippen MR) is 170 cm³/mol.